The molecule has 0 aliphatic heterocycles. The summed E-state index contributed by atoms with van der Waals surface area (Å²) in [7, 11) is 0. The number of aromatic nitrogens is 3. The Morgan fingerprint density at radius 3 is 2.96 bits per heavy atom. The first-order valence-corrected chi connectivity index (χ1v) is 9.71. The maximum absolute atomic E-state index is 12.4. The number of carbonyl (C=O) groups excluding carboxylic acids is 1. The molecule has 0 atom stereocenters. The fourth-order valence-corrected chi connectivity index (χ4v) is 4.41. The molecule has 0 spiro atoms. The van der Waals surface area contributed by atoms with Gasteiger partial charge in [0.2, 0.25) is 5.91 Å². The predicted octanol–water partition coefficient (Wildman–Crippen LogP) is 2.09. The summed E-state index contributed by atoms with van der Waals surface area (Å²) in [5.41, 5.74) is 1.69. The minimum atomic E-state index is -0.196. The van der Waals surface area contributed by atoms with Crippen LogP contribution in [0.15, 0.2) is 35.4 Å². The topological polar surface area (TPSA) is 76.9 Å². The molecular weight excluding hydrogens is 348 g/mol. The normalized spacial score (nSPS) is 13.5. The van der Waals surface area contributed by atoms with Crippen molar-refractivity contribution in [2.75, 3.05) is 6.54 Å². The Morgan fingerprint density at radius 2 is 2.08 bits per heavy atom. The van der Waals surface area contributed by atoms with Crippen molar-refractivity contribution in [1.82, 2.24) is 19.9 Å². The first-order chi connectivity index (χ1) is 12.7. The average Bonchev–Trinajstić information content (AvgIpc) is 3.07. The van der Waals surface area contributed by atoms with Gasteiger partial charge in [0.1, 0.15) is 6.54 Å². The Balaban J connectivity index is 1.35. The molecule has 4 rings (SSSR count). The summed E-state index contributed by atoms with van der Waals surface area (Å²) < 4.78 is 1.35. The Labute approximate surface area is 154 Å². The second-order valence-electron chi connectivity index (χ2n) is 6.48. The number of benzene rings is 1. The van der Waals surface area contributed by atoms with Crippen molar-refractivity contribution >= 4 is 28.1 Å². The molecule has 134 valence electrons. The van der Waals surface area contributed by atoms with Crippen LogP contribution in [-0.2, 0) is 30.6 Å². The van der Waals surface area contributed by atoms with Gasteiger partial charge < -0.3 is 5.32 Å². The van der Waals surface area contributed by atoms with E-state index in [0.29, 0.717) is 17.4 Å². The molecule has 1 aromatic carbocycles. The third-order valence-corrected chi connectivity index (χ3v) is 5.81. The van der Waals surface area contributed by atoms with Crippen LogP contribution in [0.1, 0.15) is 28.4 Å². The second kappa shape index (κ2) is 7.37. The molecule has 6 nitrogen and oxygen atoms in total. The van der Waals surface area contributed by atoms with Gasteiger partial charge in [-0.15, -0.1) is 11.3 Å². The maximum Gasteiger partial charge on any atom is 0.261 e. The van der Waals surface area contributed by atoms with Gasteiger partial charge in [0.05, 0.1) is 27.9 Å². The quantitative estimate of drug-likeness (QED) is 0.748. The fraction of sp³-hybridized carbons (Fsp3) is 0.368. The van der Waals surface area contributed by atoms with Crippen LogP contribution in [0, 0.1) is 0 Å². The van der Waals surface area contributed by atoms with Crippen LogP contribution in [0.2, 0.25) is 0 Å². The van der Waals surface area contributed by atoms with E-state index in [4.69, 9.17) is 0 Å². The van der Waals surface area contributed by atoms with Gasteiger partial charge in [-0.25, -0.2) is 9.97 Å². The summed E-state index contributed by atoms with van der Waals surface area (Å²) in [5, 5.41) is 4.48. The average molecular weight is 368 g/mol. The summed E-state index contributed by atoms with van der Waals surface area (Å²) >= 11 is 1.77. The largest absolute Gasteiger partial charge is 0.354 e. The molecule has 7 heteroatoms. The van der Waals surface area contributed by atoms with Crippen LogP contribution in [0.3, 0.4) is 0 Å². The SMILES string of the molecule is O=C(Cn1cnc2ccccc2c1=O)NCCc1nc2c(s1)CCCC2. The minimum absolute atomic E-state index is 0.0228. The fourth-order valence-electron chi connectivity index (χ4n) is 3.25. The van der Waals surface area contributed by atoms with Crippen LogP contribution >= 0.6 is 11.3 Å². The van der Waals surface area contributed by atoms with E-state index in [1.54, 1.807) is 29.5 Å². The van der Waals surface area contributed by atoms with E-state index in [9.17, 15) is 9.59 Å². The number of thiazole rings is 1. The third kappa shape index (κ3) is 3.53. The van der Waals surface area contributed by atoms with Crippen molar-refractivity contribution in [1.29, 1.82) is 0 Å². The zero-order valence-corrected chi connectivity index (χ0v) is 15.2. The lowest BCUT2D eigenvalue weighted by Crippen LogP contribution is -2.33. The van der Waals surface area contributed by atoms with Crippen LogP contribution in [0.5, 0.6) is 0 Å². The van der Waals surface area contributed by atoms with Crippen LogP contribution in [0.4, 0.5) is 0 Å². The number of hydrogen-bond donors (Lipinski definition) is 1. The number of hydrogen-bond acceptors (Lipinski definition) is 5. The zero-order chi connectivity index (χ0) is 17.9. The molecule has 1 aliphatic rings. The Morgan fingerprint density at radius 1 is 1.23 bits per heavy atom. The highest BCUT2D eigenvalue weighted by molar-refractivity contribution is 7.11. The van der Waals surface area contributed by atoms with Crippen molar-refractivity contribution in [3.05, 3.63) is 56.5 Å². The summed E-state index contributed by atoms with van der Waals surface area (Å²) in [6.07, 6.45) is 6.85. The number of para-hydroxylation sites is 1. The van der Waals surface area contributed by atoms with E-state index < -0.39 is 0 Å². The second-order valence-corrected chi connectivity index (χ2v) is 7.65. The first-order valence-electron chi connectivity index (χ1n) is 8.89. The van der Waals surface area contributed by atoms with Gasteiger partial charge in [-0.1, -0.05) is 12.1 Å². The highest BCUT2D eigenvalue weighted by atomic mass is 32.1. The molecule has 1 N–H and O–H groups in total. The number of aryl methyl sites for hydroxylation is 2. The van der Waals surface area contributed by atoms with Crippen molar-refractivity contribution < 1.29 is 4.79 Å². The van der Waals surface area contributed by atoms with Crippen molar-refractivity contribution in [2.45, 2.75) is 38.6 Å². The van der Waals surface area contributed by atoms with Gasteiger partial charge in [-0.3, -0.25) is 14.2 Å². The van der Waals surface area contributed by atoms with E-state index in [0.717, 1.165) is 24.3 Å². The van der Waals surface area contributed by atoms with Gasteiger partial charge >= 0.3 is 0 Å². The van der Waals surface area contributed by atoms with E-state index in [-0.39, 0.29) is 18.0 Å². The molecule has 0 unspecified atom stereocenters. The lowest BCUT2D eigenvalue weighted by molar-refractivity contribution is -0.121. The highest BCUT2D eigenvalue weighted by Gasteiger charge is 2.15. The molecule has 3 aromatic rings. The molecule has 1 amide bonds. The van der Waals surface area contributed by atoms with Crippen LogP contribution in [0.25, 0.3) is 10.9 Å². The van der Waals surface area contributed by atoms with E-state index in [2.05, 4.69) is 15.3 Å². The highest BCUT2D eigenvalue weighted by Crippen LogP contribution is 2.26. The Hall–Kier alpha value is -2.54. The van der Waals surface area contributed by atoms with Gasteiger partial charge in [-0.2, -0.15) is 0 Å². The molecule has 0 saturated carbocycles. The number of carbonyl (C=O) groups is 1. The molecule has 2 aromatic heterocycles. The summed E-state index contributed by atoms with van der Waals surface area (Å²) in [5.74, 6) is -0.189. The molecule has 0 bridgehead atoms. The number of nitrogens with zero attached hydrogens (tertiary/aromatic N) is 3. The Bertz CT molecular complexity index is 985. The monoisotopic (exact) mass is 368 g/mol. The maximum atomic E-state index is 12.4. The summed E-state index contributed by atoms with van der Waals surface area (Å²) in [4.78, 5) is 34.9. The smallest absolute Gasteiger partial charge is 0.261 e. The van der Waals surface area contributed by atoms with E-state index in [1.165, 1.54) is 34.3 Å². The molecule has 0 saturated heterocycles. The Kier molecular flexibility index (Phi) is 4.79. The van der Waals surface area contributed by atoms with Gasteiger partial charge in [0, 0.05) is 17.8 Å². The van der Waals surface area contributed by atoms with E-state index >= 15 is 0 Å². The summed E-state index contributed by atoms with van der Waals surface area (Å²) in [6, 6.07) is 7.14. The zero-order valence-electron chi connectivity index (χ0n) is 14.4. The van der Waals surface area contributed by atoms with Crippen molar-refractivity contribution in [3.8, 4) is 0 Å². The number of amides is 1. The summed E-state index contributed by atoms with van der Waals surface area (Å²) in [6.45, 7) is 0.506. The first kappa shape index (κ1) is 16.9. The molecule has 0 fully saturated rings. The number of rotatable bonds is 5. The molecular formula is C19H20N4O2S. The van der Waals surface area contributed by atoms with Crippen LogP contribution in [-0.4, -0.2) is 27.0 Å². The van der Waals surface area contributed by atoms with Crippen molar-refractivity contribution in [3.63, 3.8) is 0 Å². The molecule has 1 aliphatic carbocycles. The van der Waals surface area contributed by atoms with Crippen molar-refractivity contribution in [2.24, 2.45) is 0 Å². The van der Waals surface area contributed by atoms with E-state index in [1.807, 2.05) is 6.07 Å². The van der Waals surface area contributed by atoms with Gasteiger partial charge in [0.15, 0.2) is 0 Å². The lowest BCUT2D eigenvalue weighted by atomic mass is 10.0. The number of fused-ring (bicyclic) bond motifs is 2. The standard InChI is InChI=1S/C19H20N4O2S/c24-17(11-23-12-21-14-6-2-1-5-13(14)19(23)25)20-10-9-18-22-15-7-3-4-8-16(15)26-18/h1-2,5-6,12H,3-4,7-11H2,(H,20,24). The molecule has 26 heavy (non-hydrogen) atoms. The lowest BCUT2D eigenvalue weighted by Gasteiger charge is -2.07. The van der Waals surface area contributed by atoms with Crippen LogP contribution < -0.4 is 10.9 Å². The number of nitrogens with one attached hydrogen (secondary N) is 1. The van der Waals surface area contributed by atoms with Gasteiger partial charge in [0.25, 0.3) is 5.56 Å². The predicted molar refractivity (Wildman–Crippen MR) is 101 cm³/mol. The molecule has 0 radical (unpaired) electrons. The third-order valence-electron chi connectivity index (χ3n) is 4.60. The van der Waals surface area contributed by atoms with Gasteiger partial charge in [-0.05, 0) is 37.8 Å². The molecule has 2 heterocycles. The minimum Gasteiger partial charge on any atom is -0.354 e.